The number of nitrogens with zero attached hydrogens (tertiary/aromatic N) is 1. The first-order valence-corrected chi connectivity index (χ1v) is 7.47. The number of amides is 3. The van der Waals surface area contributed by atoms with Crippen LogP contribution < -0.4 is 5.32 Å². The number of hydrogen-bond donors (Lipinski definition) is 1. The number of para-hydroxylation sites is 1. The van der Waals surface area contributed by atoms with Crippen molar-refractivity contribution in [1.82, 2.24) is 4.90 Å². The molecule has 1 fully saturated rings. The van der Waals surface area contributed by atoms with Crippen LogP contribution in [0.25, 0.3) is 0 Å². The van der Waals surface area contributed by atoms with Gasteiger partial charge in [0.05, 0.1) is 0 Å². The number of anilines is 1. The number of rotatable bonds is 4. The third kappa shape index (κ3) is 3.64. The number of Topliss-reactive ketones (excluding diaryl/α,β-unsaturated/α-hetero) is 1. The highest BCUT2D eigenvalue weighted by Gasteiger charge is 2.46. The average Bonchev–Trinajstić information content (AvgIpc) is 2.80. The van der Waals surface area contributed by atoms with Gasteiger partial charge in [0.15, 0.2) is 11.8 Å². The molecule has 1 aromatic carbocycles. The monoisotopic (exact) mass is 316 g/mol. The van der Waals surface area contributed by atoms with Crippen molar-refractivity contribution in [3.8, 4) is 0 Å². The number of carbonyl (C=O) groups is 4. The van der Waals surface area contributed by atoms with Crippen LogP contribution in [-0.2, 0) is 19.2 Å². The van der Waals surface area contributed by atoms with Crippen molar-refractivity contribution in [1.29, 1.82) is 0 Å². The molecule has 1 aliphatic rings. The molecule has 1 saturated heterocycles. The molecule has 2 rings (SSSR count). The van der Waals surface area contributed by atoms with E-state index >= 15 is 0 Å². The zero-order valence-electron chi connectivity index (χ0n) is 13.5. The summed E-state index contributed by atoms with van der Waals surface area (Å²) in [6.45, 7) is 4.97. The van der Waals surface area contributed by atoms with Gasteiger partial charge in [0, 0.05) is 23.9 Å². The fourth-order valence-corrected chi connectivity index (χ4v) is 2.38. The van der Waals surface area contributed by atoms with Crippen molar-refractivity contribution < 1.29 is 19.2 Å². The molecule has 1 N–H and O–H groups in total. The second-order valence-corrected chi connectivity index (χ2v) is 6.53. The predicted octanol–water partition coefficient (Wildman–Crippen LogP) is 1.76. The van der Waals surface area contributed by atoms with Crippen LogP contribution in [0.4, 0.5) is 5.69 Å². The second-order valence-electron chi connectivity index (χ2n) is 6.53. The van der Waals surface area contributed by atoms with E-state index in [0.717, 1.165) is 4.90 Å². The Hall–Kier alpha value is -2.50. The van der Waals surface area contributed by atoms with Crippen molar-refractivity contribution in [3.05, 3.63) is 30.3 Å². The molecule has 3 amide bonds. The minimum Gasteiger partial charge on any atom is -0.324 e. The van der Waals surface area contributed by atoms with Crippen LogP contribution in [0.2, 0.25) is 0 Å². The Balaban J connectivity index is 2.33. The Morgan fingerprint density at radius 3 is 2.04 bits per heavy atom. The van der Waals surface area contributed by atoms with Crippen LogP contribution >= 0.6 is 0 Å². The molecule has 1 unspecified atom stereocenters. The Kier molecular flexibility index (Phi) is 4.63. The molecule has 1 heterocycles. The van der Waals surface area contributed by atoms with Gasteiger partial charge in [-0.05, 0) is 12.1 Å². The molecular weight excluding hydrogens is 296 g/mol. The maximum Gasteiger partial charge on any atom is 0.255 e. The van der Waals surface area contributed by atoms with E-state index in [1.54, 1.807) is 51.1 Å². The minimum absolute atomic E-state index is 0.0331. The fourth-order valence-electron chi connectivity index (χ4n) is 2.38. The molecule has 1 aliphatic heterocycles. The van der Waals surface area contributed by atoms with E-state index in [-0.39, 0.29) is 12.8 Å². The number of likely N-dealkylation sites (tertiary alicyclic amines) is 1. The quantitative estimate of drug-likeness (QED) is 0.677. The number of benzene rings is 1. The fraction of sp³-hybridized carbons (Fsp3) is 0.412. The van der Waals surface area contributed by atoms with Gasteiger partial charge in [-0.3, -0.25) is 24.1 Å². The van der Waals surface area contributed by atoms with Crippen molar-refractivity contribution in [2.75, 3.05) is 5.32 Å². The Labute approximate surface area is 134 Å². The van der Waals surface area contributed by atoms with Gasteiger partial charge in [-0.15, -0.1) is 0 Å². The van der Waals surface area contributed by atoms with Crippen molar-refractivity contribution in [2.45, 2.75) is 39.7 Å². The number of hydrogen-bond acceptors (Lipinski definition) is 4. The SMILES string of the molecule is CC(C)(C)C(=O)C(C(=O)Nc1ccccc1)N1C(=O)CCC1=O. The largest absolute Gasteiger partial charge is 0.324 e. The molecule has 23 heavy (non-hydrogen) atoms. The standard InChI is InChI=1S/C17H20N2O4/c1-17(2,3)15(22)14(19-12(20)9-10-13(19)21)16(23)18-11-7-5-4-6-8-11/h4-8,14H,9-10H2,1-3H3,(H,18,23). The molecule has 6 heteroatoms. The third-order valence-corrected chi connectivity index (χ3v) is 3.63. The van der Waals surface area contributed by atoms with Crippen LogP contribution in [0.1, 0.15) is 33.6 Å². The maximum absolute atomic E-state index is 12.7. The smallest absolute Gasteiger partial charge is 0.255 e. The van der Waals surface area contributed by atoms with E-state index in [1.165, 1.54) is 0 Å². The number of nitrogens with one attached hydrogen (secondary N) is 1. The maximum atomic E-state index is 12.7. The summed E-state index contributed by atoms with van der Waals surface area (Å²) in [5.74, 6) is -2.10. The topological polar surface area (TPSA) is 83.6 Å². The molecule has 1 atom stereocenters. The summed E-state index contributed by atoms with van der Waals surface area (Å²) in [6, 6.07) is 7.18. The van der Waals surface area contributed by atoms with Crippen LogP contribution in [0.5, 0.6) is 0 Å². The third-order valence-electron chi connectivity index (χ3n) is 3.63. The number of carbonyl (C=O) groups excluding carboxylic acids is 4. The van der Waals surface area contributed by atoms with Crippen LogP contribution in [0, 0.1) is 5.41 Å². The molecule has 0 saturated carbocycles. The van der Waals surface area contributed by atoms with Crippen molar-refractivity contribution in [2.24, 2.45) is 5.41 Å². The van der Waals surface area contributed by atoms with Crippen molar-refractivity contribution in [3.63, 3.8) is 0 Å². The lowest BCUT2D eigenvalue weighted by molar-refractivity contribution is -0.152. The van der Waals surface area contributed by atoms with Crippen LogP contribution in [0.15, 0.2) is 30.3 Å². The lowest BCUT2D eigenvalue weighted by Gasteiger charge is -2.29. The molecule has 122 valence electrons. The van der Waals surface area contributed by atoms with Gasteiger partial charge >= 0.3 is 0 Å². The van der Waals surface area contributed by atoms with E-state index in [2.05, 4.69) is 5.32 Å². The summed E-state index contributed by atoms with van der Waals surface area (Å²) in [7, 11) is 0. The highest BCUT2D eigenvalue weighted by Crippen LogP contribution is 2.25. The first-order valence-electron chi connectivity index (χ1n) is 7.47. The predicted molar refractivity (Wildman–Crippen MR) is 84.4 cm³/mol. The van der Waals surface area contributed by atoms with Gasteiger partial charge in [0.2, 0.25) is 11.8 Å². The first kappa shape index (κ1) is 16.9. The molecule has 0 spiro atoms. The molecule has 0 aliphatic carbocycles. The summed E-state index contributed by atoms with van der Waals surface area (Å²) in [6.07, 6.45) is 0.0662. The first-order chi connectivity index (χ1) is 10.7. The summed E-state index contributed by atoms with van der Waals surface area (Å²) >= 11 is 0. The normalized spacial score (nSPS) is 16.4. The van der Waals surface area contributed by atoms with Gasteiger partial charge in [-0.2, -0.15) is 0 Å². The van der Waals surface area contributed by atoms with E-state index in [9.17, 15) is 19.2 Å². The van der Waals surface area contributed by atoms with E-state index in [4.69, 9.17) is 0 Å². The minimum atomic E-state index is -1.43. The molecule has 1 aromatic rings. The highest BCUT2D eigenvalue weighted by atomic mass is 16.2. The molecule has 6 nitrogen and oxygen atoms in total. The lowest BCUT2D eigenvalue weighted by Crippen LogP contribution is -2.54. The van der Waals surface area contributed by atoms with E-state index in [1.807, 2.05) is 0 Å². The summed E-state index contributed by atoms with van der Waals surface area (Å²) in [5, 5.41) is 2.61. The highest BCUT2D eigenvalue weighted by molar-refractivity contribution is 6.18. The molecule has 0 aromatic heterocycles. The average molecular weight is 316 g/mol. The van der Waals surface area contributed by atoms with Crippen molar-refractivity contribution >= 4 is 29.2 Å². The van der Waals surface area contributed by atoms with E-state index < -0.39 is 35.0 Å². The number of ketones is 1. The van der Waals surface area contributed by atoms with E-state index in [0.29, 0.717) is 5.69 Å². The van der Waals surface area contributed by atoms with Gasteiger partial charge in [-0.25, -0.2) is 0 Å². The Morgan fingerprint density at radius 2 is 1.57 bits per heavy atom. The molecule has 0 radical (unpaired) electrons. The van der Waals surface area contributed by atoms with Crippen LogP contribution in [0.3, 0.4) is 0 Å². The van der Waals surface area contributed by atoms with Gasteiger partial charge in [0.1, 0.15) is 0 Å². The second kappa shape index (κ2) is 6.32. The lowest BCUT2D eigenvalue weighted by atomic mass is 9.85. The summed E-state index contributed by atoms with van der Waals surface area (Å²) < 4.78 is 0. The number of imide groups is 1. The Bertz CT molecular complexity index is 630. The van der Waals surface area contributed by atoms with Gasteiger partial charge in [-0.1, -0.05) is 39.0 Å². The summed E-state index contributed by atoms with van der Waals surface area (Å²) in [5.41, 5.74) is -0.356. The molecular formula is C17H20N2O4. The van der Waals surface area contributed by atoms with Gasteiger partial charge in [0.25, 0.3) is 5.91 Å². The molecule has 0 bridgehead atoms. The Morgan fingerprint density at radius 1 is 1.04 bits per heavy atom. The zero-order chi connectivity index (χ0) is 17.2. The summed E-state index contributed by atoms with van der Waals surface area (Å²) in [4.78, 5) is 50.1. The van der Waals surface area contributed by atoms with Gasteiger partial charge < -0.3 is 5.32 Å². The van der Waals surface area contributed by atoms with Crippen LogP contribution in [-0.4, -0.2) is 34.4 Å². The zero-order valence-corrected chi connectivity index (χ0v) is 13.5.